The first kappa shape index (κ1) is 25.4. The molecular formula is C20H28F2IN3O2S. The third-order valence-corrected chi connectivity index (χ3v) is 5.50. The highest BCUT2D eigenvalue weighted by Crippen LogP contribution is 2.29. The maximum absolute atomic E-state index is 12.5. The Balaban J connectivity index is 0.00000420. The second-order valence-electron chi connectivity index (χ2n) is 6.83. The SMILES string of the molecule is CN=C(NCCc1ccc(OC)c(OC(F)F)c1)NCC(C)(C)c1cccs1.I. The van der Waals surface area contributed by atoms with Crippen LogP contribution in [-0.4, -0.2) is 39.8 Å². The van der Waals surface area contributed by atoms with Crippen molar-refractivity contribution >= 4 is 41.3 Å². The van der Waals surface area contributed by atoms with E-state index in [-0.39, 0.29) is 40.9 Å². The minimum absolute atomic E-state index is 0. The molecule has 2 aromatic rings. The van der Waals surface area contributed by atoms with Crippen LogP contribution in [-0.2, 0) is 11.8 Å². The van der Waals surface area contributed by atoms with E-state index in [0.29, 0.717) is 18.9 Å². The first-order valence-electron chi connectivity index (χ1n) is 8.96. The second kappa shape index (κ2) is 12.2. The van der Waals surface area contributed by atoms with Gasteiger partial charge in [-0.2, -0.15) is 8.78 Å². The molecule has 2 rings (SSSR count). The quantitative estimate of drug-likeness (QED) is 0.277. The van der Waals surface area contributed by atoms with E-state index in [2.05, 4.69) is 51.7 Å². The van der Waals surface area contributed by atoms with Crippen LogP contribution in [0.1, 0.15) is 24.3 Å². The van der Waals surface area contributed by atoms with E-state index < -0.39 is 6.61 Å². The predicted octanol–water partition coefficient (Wildman–Crippen LogP) is 4.66. The summed E-state index contributed by atoms with van der Waals surface area (Å²) in [5.41, 5.74) is 0.849. The Kier molecular flexibility index (Phi) is 10.7. The van der Waals surface area contributed by atoms with Gasteiger partial charge in [0.1, 0.15) is 0 Å². The summed E-state index contributed by atoms with van der Waals surface area (Å²) in [6.07, 6.45) is 0.624. The van der Waals surface area contributed by atoms with Gasteiger partial charge in [0.2, 0.25) is 0 Å². The normalized spacial score (nSPS) is 11.8. The Bertz CT molecular complexity index is 771. The molecule has 9 heteroatoms. The zero-order valence-electron chi connectivity index (χ0n) is 17.0. The lowest BCUT2D eigenvalue weighted by Gasteiger charge is -2.25. The van der Waals surface area contributed by atoms with E-state index in [4.69, 9.17) is 4.74 Å². The molecule has 29 heavy (non-hydrogen) atoms. The van der Waals surface area contributed by atoms with Gasteiger partial charge in [-0.1, -0.05) is 26.0 Å². The summed E-state index contributed by atoms with van der Waals surface area (Å²) in [6.45, 7) is 2.81. The molecule has 0 unspecified atom stereocenters. The van der Waals surface area contributed by atoms with E-state index in [1.165, 1.54) is 12.0 Å². The number of hydrogen-bond acceptors (Lipinski definition) is 4. The first-order valence-corrected chi connectivity index (χ1v) is 9.84. The van der Waals surface area contributed by atoms with Crippen molar-refractivity contribution < 1.29 is 18.3 Å². The Labute approximate surface area is 191 Å². The lowest BCUT2D eigenvalue weighted by Crippen LogP contribution is -2.43. The monoisotopic (exact) mass is 539 g/mol. The van der Waals surface area contributed by atoms with Crippen LogP contribution < -0.4 is 20.1 Å². The number of hydrogen-bond donors (Lipinski definition) is 2. The van der Waals surface area contributed by atoms with Crippen LogP contribution in [0.15, 0.2) is 40.7 Å². The zero-order valence-corrected chi connectivity index (χ0v) is 20.1. The standard InChI is InChI=1S/C20H27F2N3O2S.HI/c1-20(2,17-6-5-11-28-17)13-25-19(23-3)24-10-9-14-7-8-15(26-4)16(12-14)27-18(21)22;/h5-8,11-12,18H,9-10,13H2,1-4H3,(H2,23,24,25);1H. The molecule has 0 bridgehead atoms. The summed E-state index contributed by atoms with van der Waals surface area (Å²) in [7, 11) is 3.14. The fraction of sp³-hybridized carbons (Fsp3) is 0.450. The molecule has 0 saturated heterocycles. The molecule has 0 atom stereocenters. The highest BCUT2D eigenvalue weighted by atomic mass is 127. The molecular weight excluding hydrogens is 511 g/mol. The van der Waals surface area contributed by atoms with Gasteiger partial charge in [-0.15, -0.1) is 35.3 Å². The zero-order chi connectivity index (χ0) is 20.6. The molecule has 0 aliphatic carbocycles. The molecule has 1 heterocycles. The predicted molar refractivity (Wildman–Crippen MR) is 125 cm³/mol. The number of halogens is 3. The molecule has 0 radical (unpaired) electrons. The van der Waals surface area contributed by atoms with E-state index in [9.17, 15) is 8.78 Å². The Morgan fingerprint density at radius 1 is 1.21 bits per heavy atom. The Morgan fingerprint density at radius 3 is 2.55 bits per heavy atom. The topological polar surface area (TPSA) is 54.9 Å². The van der Waals surface area contributed by atoms with Crippen molar-refractivity contribution in [1.29, 1.82) is 0 Å². The minimum Gasteiger partial charge on any atom is -0.493 e. The molecule has 0 aliphatic rings. The van der Waals surface area contributed by atoms with Gasteiger partial charge in [-0.25, -0.2) is 0 Å². The number of benzene rings is 1. The summed E-state index contributed by atoms with van der Waals surface area (Å²) >= 11 is 1.74. The number of guanidine groups is 1. The van der Waals surface area contributed by atoms with Crippen molar-refractivity contribution in [2.24, 2.45) is 4.99 Å². The van der Waals surface area contributed by atoms with Gasteiger partial charge >= 0.3 is 6.61 Å². The Hall–Kier alpha value is -1.62. The lowest BCUT2D eigenvalue weighted by molar-refractivity contribution is -0.0512. The van der Waals surface area contributed by atoms with Gasteiger partial charge < -0.3 is 20.1 Å². The van der Waals surface area contributed by atoms with Crippen LogP contribution in [0.3, 0.4) is 0 Å². The maximum Gasteiger partial charge on any atom is 0.387 e. The molecule has 0 saturated carbocycles. The molecule has 0 aliphatic heterocycles. The van der Waals surface area contributed by atoms with Gasteiger partial charge in [0.15, 0.2) is 17.5 Å². The van der Waals surface area contributed by atoms with Gasteiger partial charge in [0.25, 0.3) is 0 Å². The number of methoxy groups -OCH3 is 1. The van der Waals surface area contributed by atoms with Crippen LogP contribution in [0.2, 0.25) is 0 Å². The van der Waals surface area contributed by atoms with Gasteiger partial charge in [0.05, 0.1) is 7.11 Å². The summed E-state index contributed by atoms with van der Waals surface area (Å²) < 4.78 is 34.7. The highest BCUT2D eigenvalue weighted by molar-refractivity contribution is 14.0. The number of nitrogens with zero attached hydrogens (tertiary/aromatic N) is 1. The smallest absolute Gasteiger partial charge is 0.387 e. The number of aliphatic imine (C=N–C) groups is 1. The van der Waals surface area contributed by atoms with Crippen molar-refractivity contribution in [2.75, 3.05) is 27.2 Å². The summed E-state index contributed by atoms with van der Waals surface area (Å²) in [6, 6.07) is 9.21. The molecule has 0 spiro atoms. The molecule has 0 amide bonds. The largest absolute Gasteiger partial charge is 0.493 e. The fourth-order valence-electron chi connectivity index (χ4n) is 2.67. The third kappa shape index (κ3) is 7.96. The van der Waals surface area contributed by atoms with Gasteiger partial charge in [0, 0.05) is 30.4 Å². The van der Waals surface area contributed by atoms with Crippen LogP contribution >= 0.6 is 35.3 Å². The van der Waals surface area contributed by atoms with Crippen LogP contribution in [0.5, 0.6) is 11.5 Å². The number of nitrogens with one attached hydrogen (secondary N) is 2. The van der Waals surface area contributed by atoms with Crippen molar-refractivity contribution in [2.45, 2.75) is 32.3 Å². The average Bonchev–Trinajstić information content (AvgIpc) is 3.20. The number of ether oxygens (including phenoxy) is 2. The summed E-state index contributed by atoms with van der Waals surface area (Å²) in [4.78, 5) is 5.55. The minimum atomic E-state index is -2.89. The van der Waals surface area contributed by atoms with Gasteiger partial charge in [-0.3, -0.25) is 4.99 Å². The summed E-state index contributed by atoms with van der Waals surface area (Å²) in [5, 5.41) is 8.66. The van der Waals surface area contributed by atoms with Crippen molar-refractivity contribution in [1.82, 2.24) is 10.6 Å². The van der Waals surface area contributed by atoms with Crippen molar-refractivity contribution in [3.63, 3.8) is 0 Å². The van der Waals surface area contributed by atoms with Crippen LogP contribution in [0.4, 0.5) is 8.78 Å². The van der Waals surface area contributed by atoms with E-state index in [1.807, 2.05) is 6.07 Å². The van der Waals surface area contributed by atoms with Crippen LogP contribution in [0.25, 0.3) is 0 Å². The van der Waals surface area contributed by atoms with Crippen molar-refractivity contribution in [3.8, 4) is 11.5 Å². The number of thiophene rings is 1. The summed E-state index contributed by atoms with van der Waals surface area (Å²) in [5.74, 6) is 1.02. The molecule has 1 aromatic carbocycles. The molecule has 2 N–H and O–H groups in total. The molecule has 162 valence electrons. The lowest BCUT2D eigenvalue weighted by atomic mass is 9.91. The first-order chi connectivity index (χ1) is 13.4. The molecule has 5 nitrogen and oxygen atoms in total. The van der Waals surface area contributed by atoms with Crippen LogP contribution in [0, 0.1) is 0 Å². The average molecular weight is 539 g/mol. The third-order valence-electron chi connectivity index (χ3n) is 4.26. The Morgan fingerprint density at radius 2 is 1.97 bits per heavy atom. The molecule has 1 aromatic heterocycles. The second-order valence-corrected chi connectivity index (χ2v) is 7.78. The fourth-order valence-corrected chi connectivity index (χ4v) is 3.52. The number of alkyl halides is 2. The number of rotatable bonds is 9. The van der Waals surface area contributed by atoms with Crippen molar-refractivity contribution in [3.05, 3.63) is 46.2 Å². The maximum atomic E-state index is 12.5. The highest BCUT2D eigenvalue weighted by Gasteiger charge is 2.21. The molecule has 0 fully saturated rings. The van der Waals surface area contributed by atoms with E-state index in [0.717, 1.165) is 12.1 Å². The van der Waals surface area contributed by atoms with E-state index >= 15 is 0 Å². The van der Waals surface area contributed by atoms with Gasteiger partial charge in [-0.05, 0) is 35.6 Å². The van der Waals surface area contributed by atoms with E-state index in [1.54, 1.807) is 30.5 Å².